The summed E-state index contributed by atoms with van der Waals surface area (Å²) in [7, 11) is 0. The van der Waals surface area contributed by atoms with Crippen LogP contribution in [0.2, 0.25) is 0 Å². The van der Waals surface area contributed by atoms with Crippen molar-refractivity contribution in [1.82, 2.24) is 14.8 Å². The first kappa shape index (κ1) is 11.9. The summed E-state index contributed by atoms with van der Waals surface area (Å²) < 4.78 is 27.9. The molecule has 0 spiro atoms. The first-order valence-electron chi connectivity index (χ1n) is 4.80. The van der Waals surface area contributed by atoms with Crippen molar-refractivity contribution in [2.75, 3.05) is 0 Å². The molecule has 1 aromatic carbocycles. The van der Waals surface area contributed by atoms with Gasteiger partial charge in [0.1, 0.15) is 18.2 Å². The molecule has 2 aromatic rings. The van der Waals surface area contributed by atoms with Gasteiger partial charge < -0.3 is 5.11 Å². The molecule has 0 saturated heterocycles. The van der Waals surface area contributed by atoms with Crippen LogP contribution in [0.1, 0.15) is 11.4 Å². The molecule has 2 rings (SSSR count). The summed E-state index contributed by atoms with van der Waals surface area (Å²) in [5.41, 5.74) is 0.276. The van der Waals surface area contributed by atoms with Crippen molar-refractivity contribution in [3.63, 3.8) is 0 Å². The Balaban J connectivity index is 2.37. The number of halogens is 2. The summed E-state index contributed by atoms with van der Waals surface area (Å²) in [6, 6.07) is 3.30. The molecule has 0 aliphatic rings. The van der Waals surface area contributed by atoms with Crippen molar-refractivity contribution in [3.05, 3.63) is 46.0 Å². The maximum atomic E-state index is 13.4. The Kier molecular flexibility index (Phi) is 3.30. The van der Waals surface area contributed by atoms with E-state index in [1.165, 1.54) is 16.7 Å². The molecule has 0 fully saturated rings. The Morgan fingerprint density at radius 1 is 1.41 bits per heavy atom. The minimum atomic E-state index is -0.656. The van der Waals surface area contributed by atoms with Crippen LogP contribution in [0, 0.1) is 16.4 Å². The van der Waals surface area contributed by atoms with E-state index in [2.05, 4.69) is 10.2 Å². The average molecular weight is 257 g/mol. The lowest BCUT2D eigenvalue weighted by Crippen LogP contribution is -2.07. The number of nitrogens with zero attached hydrogens (tertiary/aromatic N) is 2. The molecule has 1 heterocycles. The van der Waals surface area contributed by atoms with Gasteiger partial charge in [0.05, 0.1) is 6.54 Å². The van der Waals surface area contributed by atoms with Crippen molar-refractivity contribution in [3.8, 4) is 0 Å². The van der Waals surface area contributed by atoms with Crippen LogP contribution < -0.4 is 0 Å². The van der Waals surface area contributed by atoms with Gasteiger partial charge in [-0.25, -0.2) is 8.78 Å². The van der Waals surface area contributed by atoms with Gasteiger partial charge in [-0.3, -0.25) is 9.67 Å². The lowest BCUT2D eigenvalue weighted by molar-refractivity contribution is 0.265. The molecule has 0 saturated carbocycles. The van der Waals surface area contributed by atoms with Gasteiger partial charge in [-0.1, -0.05) is 6.07 Å². The van der Waals surface area contributed by atoms with Crippen LogP contribution in [-0.2, 0) is 13.2 Å². The second-order valence-corrected chi connectivity index (χ2v) is 3.81. The highest BCUT2D eigenvalue weighted by molar-refractivity contribution is 7.71. The fraction of sp³-hybridized carbons (Fsp3) is 0.200. The number of hydrogen-bond donors (Lipinski definition) is 2. The second-order valence-electron chi connectivity index (χ2n) is 3.42. The van der Waals surface area contributed by atoms with Crippen LogP contribution in [-0.4, -0.2) is 19.9 Å². The molecule has 2 N–H and O–H groups in total. The zero-order valence-electron chi connectivity index (χ0n) is 8.65. The number of hydrogen-bond acceptors (Lipinski definition) is 3. The predicted molar refractivity (Wildman–Crippen MR) is 58.8 cm³/mol. The van der Waals surface area contributed by atoms with E-state index in [-0.39, 0.29) is 23.5 Å². The monoisotopic (exact) mass is 257 g/mol. The van der Waals surface area contributed by atoms with Gasteiger partial charge >= 0.3 is 0 Å². The standard InChI is InChI=1S/C10H9F2N3OS/c11-7-2-1-6(8(12)3-7)4-15-9(5-16)13-14-10(15)17/h1-3,16H,4-5H2,(H,14,17). The normalized spacial score (nSPS) is 10.8. The number of nitrogens with one attached hydrogen (secondary N) is 1. The van der Waals surface area contributed by atoms with Crippen LogP contribution in [0.5, 0.6) is 0 Å². The molecule has 1 aromatic heterocycles. The number of aliphatic hydroxyl groups is 1. The topological polar surface area (TPSA) is 53.8 Å². The van der Waals surface area contributed by atoms with Gasteiger partial charge in [-0.15, -0.1) is 0 Å². The second kappa shape index (κ2) is 4.72. The van der Waals surface area contributed by atoms with Crippen LogP contribution in [0.3, 0.4) is 0 Å². The van der Waals surface area contributed by atoms with Crippen LogP contribution in [0.4, 0.5) is 8.78 Å². The van der Waals surface area contributed by atoms with E-state index >= 15 is 0 Å². The molecule has 0 bridgehead atoms. The molecule has 0 radical (unpaired) electrons. The Morgan fingerprint density at radius 3 is 2.82 bits per heavy atom. The molecular formula is C10H9F2N3OS. The van der Waals surface area contributed by atoms with Crippen molar-refractivity contribution in [1.29, 1.82) is 0 Å². The van der Waals surface area contributed by atoms with Gasteiger partial charge in [0, 0.05) is 11.6 Å². The maximum Gasteiger partial charge on any atom is 0.195 e. The van der Waals surface area contributed by atoms with E-state index in [1.54, 1.807) is 0 Å². The molecule has 0 amide bonds. The van der Waals surface area contributed by atoms with Crippen LogP contribution in [0.25, 0.3) is 0 Å². The van der Waals surface area contributed by atoms with E-state index in [4.69, 9.17) is 17.3 Å². The fourth-order valence-corrected chi connectivity index (χ4v) is 1.67. The third-order valence-electron chi connectivity index (χ3n) is 2.32. The highest BCUT2D eigenvalue weighted by Crippen LogP contribution is 2.12. The largest absolute Gasteiger partial charge is 0.388 e. The molecule has 7 heteroatoms. The number of rotatable bonds is 3. The summed E-state index contributed by atoms with van der Waals surface area (Å²) in [4.78, 5) is 0. The highest BCUT2D eigenvalue weighted by atomic mass is 32.1. The lowest BCUT2D eigenvalue weighted by Gasteiger charge is -2.06. The van der Waals surface area contributed by atoms with E-state index in [1.807, 2.05) is 0 Å². The number of aliphatic hydroxyl groups excluding tert-OH is 1. The van der Waals surface area contributed by atoms with E-state index < -0.39 is 11.6 Å². The Bertz CT molecular complexity index is 593. The number of H-pyrrole nitrogens is 1. The van der Waals surface area contributed by atoms with Gasteiger partial charge in [0.15, 0.2) is 10.6 Å². The maximum absolute atomic E-state index is 13.4. The molecule has 0 atom stereocenters. The van der Waals surface area contributed by atoms with Gasteiger partial charge in [0.25, 0.3) is 0 Å². The quantitative estimate of drug-likeness (QED) is 0.824. The minimum absolute atomic E-state index is 0.0946. The SMILES string of the molecule is OCc1n[nH]c(=S)n1Cc1ccc(F)cc1F. The Hall–Kier alpha value is -1.60. The van der Waals surface area contributed by atoms with E-state index in [0.29, 0.717) is 5.82 Å². The van der Waals surface area contributed by atoms with Crippen molar-refractivity contribution in [2.24, 2.45) is 0 Å². The summed E-state index contributed by atoms with van der Waals surface area (Å²) in [5.74, 6) is -0.986. The average Bonchev–Trinajstić information content (AvgIpc) is 2.64. The third-order valence-corrected chi connectivity index (χ3v) is 2.63. The minimum Gasteiger partial charge on any atom is -0.388 e. The number of aromatic nitrogens is 3. The van der Waals surface area contributed by atoms with Crippen LogP contribution >= 0.6 is 12.2 Å². The highest BCUT2D eigenvalue weighted by Gasteiger charge is 2.09. The Morgan fingerprint density at radius 2 is 2.18 bits per heavy atom. The molecule has 4 nitrogen and oxygen atoms in total. The summed E-state index contributed by atoms with van der Waals surface area (Å²) in [6.45, 7) is -0.215. The molecule has 0 unspecified atom stereocenters. The fourth-order valence-electron chi connectivity index (χ4n) is 1.45. The summed E-state index contributed by atoms with van der Waals surface area (Å²) >= 11 is 4.94. The predicted octanol–water partition coefficient (Wildman–Crippen LogP) is 1.76. The first-order chi connectivity index (χ1) is 8.11. The summed E-state index contributed by atoms with van der Waals surface area (Å²) in [5, 5.41) is 15.3. The zero-order chi connectivity index (χ0) is 12.4. The van der Waals surface area contributed by atoms with Gasteiger partial charge in [-0.2, -0.15) is 5.10 Å². The zero-order valence-corrected chi connectivity index (χ0v) is 9.47. The van der Waals surface area contributed by atoms with Crippen molar-refractivity contribution < 1.29 is 13.9 Å². The van der Waals surface area contributed by atoms with Gasteiger partial charge in [0.2, 0.25) is 0 Å². The van der Waals surface area contributed by atoms with Crippen molar-refractivity contribution >= 4 is 12.2 Å². The smallest absolute Gasteiger partial charge is 0.195 e. The summed E-state index contributed by atoms with van der Waals surface area (Å²) in [6.07, 6.45) is 0. The van der Waals surface area contributed by atoms with Crippen molar-refractivity contribution in [2.45, 2.75) is 13.2 Å². The van der Waals surface area contributed by atoms with E-state index in [9.17, 15) is 8.78 Å². The number of aromatic amines is 1. The van der Waals surface area contributed by atoms with E-state index in [0.717, 1.165) is 6.07 Å². The molecule has 17 heavy (non-hydrogen) atoms. The first-order valence-corrected chi connectivity index (χ1v) is 5.21. The third kappa shape index (κ3) is 2.40. The lowest BCUT2D eigenvalue weighted by atomic mass is 10.2. The molecule has 0 aliphatic heterocycles. The number of benzene rings is 1. The molecule has 90 valence electrons. The molecule has 0 aliphatic carbocycles. The van der Waals surface area contributed by atoms with Gasteiger partial charge in [-0.05, 0) is 18.3 Å². The molecular weight excluding hydrogens is 248 g/mol. The van der Waals surface area contributed by atoms with Crippen LogP contribution in [0.15, 0.2) is 18.2 Å². The Labute approximate surface area is 101 Å².